The fourth-order valence-electron chi connectivity index (χ4n) is 1.94. The summed E-state index contributed by atoms with van der Waals surface area (Å²) < 4.78 is 4.73. The molecule has 0 spiro atoms. The zero-order valence-corrected chi connectivity index (χ0v) is 12.2. The maximum Gasteiger partial charge on any atom is 0.338 e. The average Bonchev–Trinajstić information content (AvgIpc) is 2.82. The van der Waals surface area contributed by atoms with Crippen LogP contribution in [0.1, 0.15) is 47.1 Å². The van der Waals surface area contributed by atoms with Crippen LogP contribution >= 0.6 is 0 Å². The van der Waals surface area contributed by atoms with E-state index in [1.165, 1.54) is 37.8 Å². The minimum absolute atomic E-state index is 0.176. The summed E-state index contributed by atoms with van der Waals surface area (Å²) >= 11 is 0. The summed E-state index contributed by atoms with van der Waals surface area (Å²) in [5, 5.41) is 8.66. The standard InChI is InChI=1S/C9H6O4.C6H15N/c10-8(11)5-1-2-7-6(3-5)4-13-9(7)12;1-4-7(5-2)6-3/h1-3H,4H2,(H,10,11);4-6H2,1-3H3. The van der Waals surface area contributed by atoms with E-state index in [1.807, 2.05) is 0 Å². The quantitative estimate of drug-likeness (QED) is 0.857. The molecule has 1 N–H and O–H groups in total. The first-order chi connectivity index (χ1) is 9.53. The van der Waals surface area contributed by atoms with Crippen molar-refractivity contribution in [3.8, 4) is 0 Å². The lowest BCUT2D eigenvalue weighted by Gasteiger charge is -2.13. The van der Waals surface area contributed by atoms with Gasteiger partial charge in [0.1, 0.15) is 6.61 Å². The lowest BCUT2D eigenvalue weighted by Crippen LogP contribution is -2.21. The fourth-order valence-corrected chi connectivity index (χ4v) is 1.94. The summed E-state index contributed by atoms with van der Waals surface area (Å²) in [5.74, 6) is -1.38. The zero-order chi connectivity index (χ0) is 15.1. The molecule has 1 aromatic rings. The number of esters is 1. The molecule has 0 saturated carbocycles. The minimum atomic E-state index is -0.998. The SMILES string of the molecule is CCN(CC)CC.O=C(O)c1ccc2c(c1)COC2=O. The number of cyclic esters (lactones) is 1. The van der Waals surface area contributed by atoms with E-state index in [-0.39, 0.29) is 18.1 Å². The number of nitrogens with zero attached hydrogens (tertiary/aromatic N) is 1. The largest absolute Gasteiger partial charge is 0.478 e. The third kappa shape index (κ3) is 4.06. The molecule has 5 heteroatoms. The van der Waals surface area contributed by atoms with Crippen LogP contribution in [0.4, 0.5) is 0 Å². The van der Waals surface area contributed by atoms with Crippen LogP contribution in [0.2, 0.25) is 0 Å². The molecular weight excluding hydrogens is 258 g/mol. The molecule has 1 aliphatic heterocycles. The van der Waals surface area contributed by atoms with Crippen LogP contribution in [0.5, 0.6) is 0 Å². The highest BCUT2D eigenvalue weighted by atomic mass is 16.5. The molecule has 1 heterocycles. The van der Waals surface area contributed by atoms with Crippen LogP contribution < -0.4 is 0 Å². The van der Waals surface area contributed by atoms with E-state index in [4.69, 9.17) is 9.84 Å². The van der Waals surface area contributed by atoms with Crippen molar-refractivity contribution in [2.45, 2.75) is 27.4 Å². The van der Waals surface area contributed by atoms with Crippen LogP contribution in [0.15, 0.2) is 18.2 Å². The molecule has 1 aliphatic rings. The number of fused-ring (bicyclic) bond motifs is 1. The third-order valence-corrected chi connectivity index (χ3v) is 3.27. The number of carboxylic acid groups (broad SMARTS) is 1. The minimum Gasteiger partial charge on any atom is -0.478 e. The molecule has 2 rings (SSSR count). The van der Waals surface area contributed by atoms with Crippen molar-refractivity contribution < 1.29 is 19.4 Å². The molecule has 1 aromatic carbocycles. The number of hydrogen-bond acceptors (Lipinski definition) is 4. The number of carboxylic acids is 1. The molecule has 0 aliphatic carbocycles. The predicted octanol–water partition coefficient (Wildman–Crippen LogP) is 2.40. The Hall–Kier alpha value is -1.88. The van der Waals surface area contributed by atoms with E-state index < -0.39 is 5.97 Å². The Labute approximate surface area is 119 Å². The normalized spacial score (nSPS) is 12.5. The van der Waals surface area contributed by atoms with E-state index in [1.54, 1.807) is 0 Å². The third-order valence-electron chi connectivity index (χ3n) is 3.27. The van der Waals surface area contributed by atoms with Crippen LogP contribution in [0.25, 0.3) is 0 Å². The maximum absolute atomic E-state index is 11.0. The van der Waals surface area contributed by atoms with Crippen LogP contribution in [0, 0.1) is 0 Å². The summed E-state index contributed by atoms with van der Waals surface area (Å²) in [4.78, 5) is 23.9. The maximum atomic E-state index is 11.0. The Morgan fingerprint density at radius 2 is 1.85 bits per heavy atom. The highest BCUT2D eigenvalue weighted by Crippen LogP contribution is 2.20. The summed E-state index contributed by atoms with van der Waals surface area (Å²) in [6.45, 7) is 10.3. The van der Waals surface area contributed by atoms with Crippen molar-refractivity contribution in [3.63, 3.8) is 0 Å². The van der Waals surface area contributed by atoms with Gasteiger partial charge in [-0.15, -0.1) is 0 Å². The van der Waals surface area contributed by atoms with Gasteiger partial charge in [-0.1, -0.05) is 20.8 Å². The lowest BCUT2D eigenvalue weighted by molar-refractivity contribution is 0.0535. The van der Waals surface area contributed by atoms with Crippen LogP contribution in [0.3, 0.4) is 0 Å². The molecule has 0 radical (unpaired) electrons. The Balaban J connectivity index is 0.000000246. The van der Waals surface area contributed by atoms with E-state index in [9.17, 15) is 9.59 Å². The van der Waals surface area contributed by atoms with Crippen molar-refractivity contribution in [1.82, 2.24) is 4.90 Å². The fraction of sp³-hybridized carbons (Fsp3) is 0.467. The first-order valence-electron chi connectivity index (χ1n) is 6.79. The van der Waals surface area contributed by atoms with Gasteiger partial charge in [0, 0.05) is 5.56 Å². The van der Waals surface area contributed by atoms with E-state index in [2.05, 4.69) is 25.7 Å². The number of benzene rings is 1. The van der Waals surface area contributed by atoms with E-state index in [0.717, 1.165) is 0 Å². The molecule has 0 atom stereocenters. The van der Waals surface area contributed by atoms with Gasteiger partial charge in [-0.25, -0.2) is 9.59 Å². The molecule has 0 bridgehead atoms. The summed E-state index contributed by atoms with van der Waals surface area (Å²) in [6.07, 6.45) is 0. The molecule has 0 unspecified atom stereocenters. The van der Waals surface area contributed by atoms with Crippen molar-refractivity contribution in [2.75, 3.05) is 19.6 Å². The number of rotatable bonds is 4. The van der Waals surface area contributed by atoms with Gasteiger partial charge in [0.2, 0.25) is 0 Å². The summed E-state index contributed by atoms with van der Waals surface area (Å²) in [6, 6.07) is 4.34. The van der Waals surface area contributed by atoms with Gasteiger partial charge >= 0.3 is 11.9 Å². The van der Waals surface area contributed by atoms with E-state index in [0.29, 0.717) is 11.1 Å². The smallest absolute Gasteiger partial charge is 0.338 e. The Morgan fingerprint density at radius 1 is 1.25 bits per heavy atom. The van der Waals surface area contributed by atoms with Gasteiger partial charge in [-0.3, -0.25) is 0 Å². The van der Waals surface area contributed by atoms with Crippen LogP contribution in [-0.2, 0) is 11.3 Å². The summed E-state index contributed by atoms with van der Waals surface area (Å²) in [5.41, 5.74) is 1.28. The van der Waals surface area contributed by atoms with Gasteiger partial charge in [-0.05, 0) is 37.8 Å². The van der Waals surface area contributed by atoms with Gasteiger partial charge < -0.3 is 14.7 Å². The van der Waals surface area contributed by atoms with Crippen molar-refractivity contribution >= 4 is 11.9 Å². The van der Waals surface area contributed by atoms with Gasteiger partial charge in [0.05, 0.1) is 11.1 Å². The van der Waals surface area contributed by atoms with Crippen LogP contribution in [-0.4, -0.2) is 41.6 Å². The van der Waals surface area contributed by atoms with Gasteiger partial charge in [-0.2, -0.15) is 0 Å². The Morgan fingerprint density at radius 3 is 2.30 bits per heavy atom. The Kier molecular flexibility index (Phi) is 6.18. The molecule has 110 valence electrons. The number of hydrogen-bond donors (Lipinski definition) is 1. The van der Waals surface area contributed by atoms with E-state index >= 15 is 0 Å². The highest BCUT2D eigenvalue weighted by molar-refractivity contribution is 5.95. The van der Waals surface area contributed by atoms with Gasteiger partial charge in [0.25, 0.3) is 0 Å². The number of carbonyl (C=O) groups is 2. The van der Waals surface area contributed by atoms with Crippen molar-refractivity contribution in [3.05, 3.63) is 34.9 Å². The lowest BCUT2D eigenvalue weighted by atomic mass is 10.1. The zero-order valence-electron chi connectivity index (χ0n) is 12.2. The first kappa shape index (κ1) is 16.2. The molecule has 0 aromatic heterocycles. The molecule has 0 fully saturated rings. The molecule has 5 nitrogen and oxygen atoms in total. The predicted molar refractivity (Wildman–Crippen MR) is 76.0 cm³/mol. The highest BCUT2D eigenvalue weighted by Gasteiger charge is 2.21. The molecule has 0 amide bonds. The molecular formula is C15H21NO4. The number of aromatic carboxylic acids is 1. The molecule has 20 heavy (non-hydrogen) atoms. The van der Waals surface area contributed by atoms with Crippen molar-refractivity contribution in [2.24, 2.45) is 0 Å². The monoisotopic (exact) mass is 279 g/mol. The molecule has 0 saturated heterocycles. The first-order valence-corrected chi connectivity index (χ1v) is 6.79. The Bertz CT molecular complexity index is 475. The topological polar surface area (TPSA) is 66.8 Å². The summed E-state index contributed by atoms with van der Waals surface area (Å²) in [7, 11) is 0. The second kappa shape index (κ2) is 7.65. The second-order valence-corrected chi connectivity index (χ2v) is 4.37. The number of carbonyl (C=O) groups excluding carboxylic acids is 1. The average molecular weight is 279 g/mol. The second-order valence-electron chi connectivity index (χ2n) is 4.37. The van der Waals surface area contributed by atoms with Crippen molar-refractivity contribution in [1.29, 1.82) is 0 Å². The van der Waals surface area contributed by atoms with Gasteiger partial charge in [0.15, 0.2) is 0 Å². The number of ether oxygens (including phenoxy) is 1.